The van der Waals surface area contributed by atoms with Crippen LogP contribution < -0.4 is 0 Å². The monoisotopic (exact) mass is 315 g/mol. The summed E-state index contributed by atoms with van der Waals surface area (Å²) < 4.78 is 5.19. The summed E-state index contributed by atoms with van der Waals surface area (Å²) in [5, 5.41) is 7.48. The zero-order valence-electron chi connectivity index (χ0n) is 13.4. The molecule has 2 heterocycles. The second-order valence-corrected chi connectivity index (χ2v) is 6.12. The number of fused-ring (bicyclic) bond motifs is 1. The van der Waals surface area contributed by atoms with E-state index in [1.165, 1.54) is 0 Å². The molecule has 1 aliphatic heterocycles. The van der Waals surface area contributed by atoms with Crippen molar-refractivity contribution in [2.45, 2.75) is 45.2 Å². The van der Waals surface area contributed by atoms with Gasteiger partial charge in [0, 0.05) is 17.5 Å². The van der Waals surface area contributed by atoms with Gasteiger partial charge in [0.2, 0.25) is 0 Å². The third-order valence-corrected chi connectivity index (χ3v) is 4.47. The molecule has 0 aliphatic carbocycles. The predicted octanol–water partition coefficient (Wildman–Crippen LogP) is 2.51. The molecule has 1 fully saturated rings. The van der Waals surface area contributed by atoms with E-state index in [-0.39, 0.29) is 30.3 Å². The van der Waals surface area contributed by atoms with Gasteiger partial charge in [0.1, 0.15) is 0 Å². The van der Waals surface area contributed by atoms with Gasteiger partial charge >= 0.3 is 5.97 Å². The van der Waals surface area contributed by atoms with E-state index in [1.54, 1.807) is 6.07 Å². The Morgan fingerprint density at radius 1 is 1.26 bits per heavy atom. The van der Waals surface area contributed by atoms with Crippen molar-refractivity contribution < 1.29 is 14.3 Å². The number of esters is 1. The van der Waals surface area contributed by atoms with Crippen LogP contribution in [0.5, 0.6) is 0 Å². The molecule has 2 atom stereocenters. The smallest absolute Gasteiger partial charge is 0.359 e. The number of hydrogen-bond donors (Lipinski definition) is 1. The molecular weight excluding hydrogens is 294 g/mol. The van der Waals surface area contributed by atoms with Gasteiger partial charge in [0.25, 0.3) is 5.91 Å². The molecule has 1 saturated heterocycles. The maximum atomic E-state index is 12.4. The molecule has 0 bridgehead atoms. The Morgan fingerprint density at radius 2 is 1.96 bits per heavy atom. The number of ether oxygens (including phenoxy) is 1. The highest BCUT2D eigenvalue weighted by Gasteiger charge is 2.29. The number of amides is 1. The second-order valence-electron chi connectivity index (χ2n) is 6.12. The predicted molar refractivity (Wildman–Crippen MR) is 86.0 cm³/mol. The lowest BCUT2D eigenvalue weighted by Gasteiger charge is -2.38. The van der Waals surface area contributed by atoms with Crippen molar-refractivity contribution in [3.05, 3.63) is 30.0 Å². The Labute approximate surface area is 134 Å². The van der Waals surface area contributed by atoms with Crippen LogP contribution in [-0.4, -0.2) is 45.7 Å². The Morgan fingerprint density at radius 3 is 2.70 bits per heavy atom. The summed E-state index contributed by atoms with van der Waals surface area (Å²) in [6, 6.07) is 7.70. The lowest BCUT2D eigenvalue weighted by atomic mass is 9.97. The molecule has 6 nitrogen and oxygen atoms in total. The van der Waals surface area contributed by atoms with Crippen LogP contribution in [0.3, 0.4) is 0 Å². The van der Waals surface area contributed by atoms with Crippen LogP contribution in [0, 0.1) is 0 Å². The average Bonchev–Trinajstić information content (AvgIpc) is 2.96. The molecule has 0 radical (unpaired) electrons. The molecule has 1 N–H and O–H groups in total. The van der Waals surface area contributed by atoms with E-state index in [0.717, 1.165) is 24.8 Å². The van der Waals surface area contributed by atoms with Crippen molar-refractivity contribution in [2.24, 2.45) is 0 Å². The molecule has 6 heteroatoms. The first kappa shape index (κ1) is 15.5. The summed E-state index contributed by atoms with van der Waals surface area (Å²) in [6.45, 7) is 3.84. The summed E-state index contributed by atoms with van der Waals surface area (Å²) >= 11 is 0. The molecule has 3 rings (SSSR count). The largest absolute Gasteiger partial charge is 0.451 e. The second kappa shape index (κ2) is 6.40. The fourth-order valence-corrected chi connectivity index (χ4v) is 3.30. The van der Waals surface area contributed by atoms with Gasteiger partial charge in [-0.05, 0) is 39.2 Å². The first-order chi connectivity index (χ1) is 11.1. The first-order valence-corrected chi connectivity index (χ1v) is 7.99. The summed E-state index contributed by atoms with van der Waals surface area (Å²) in [7, 11) is 0. The van der Waals surface area contributed by atoms with Crippen LogP contribution >= 0.6 is 0 Å². The van der Waals surface area contributed by atoms with Gasteiger partial charge in [-0.2, -0.15) is 5.10 Å². The lowest BCUT2D eigenvalue weighted by molar-refractivity contribution is -0.140. The zero-order valence-corrected chi connectivity index (χ0v) is 13.4. The van der Waals surface area contributed by atoms with Crippen LogP contribution in [0.2, 0.25) is 0 Å². The van der Waals surface area contributed by atoms with Gasteiger partial charge in [-0.15, -0.1) is 0 Å². The minimum Gasteiger partial charge on any atom is -0.451 e. The number of carbonyl (C=O) groups excluding carboxylic acids is 2. The van der Waals surface area contributed by atoms with E-state index in [1.807, 2.05) is 36.9 Å². The number of para-hydroxylation sites is 1. The van der Waals surface area contributed by atoms with Crippen molar-refractivity contribution in [1.29, 1.82) is 0 Å². The van der Waals surface area contributed by atoms with Crippen molar-refractivity contribution >= 4 is 22.8 Å². The molecule has 122 valence electrons. The molecule has 1 aromatic carbocycles. The molecule has 1 aliphatic rings. The highest BCUT2D eigenvalue weighted by molar-refractivity contribution is 6.02. The Hall–Kier alpha value is -2.37. The minimum absolute atomic E-state index is 0.141. The first-order valence-electron chi connectivity index (χ1n) is 7.99. The molecular formula is C17H21N3O3. The summed E-state index contributed by atoms with van der Waals surface area (Å²) in [5.74, 6) is -0.717. The maximum Gasteiger partial charge on any atom is 0.359 e. The molecule has 0 unspecified atom stereocenters. The van der Waals surface area contributed by atoms with E-state index < -0.39 is 5.97 Å². The molecule has 0 saturated carbocycles. The standard InChI is InChI=1S/C17H21N3O3/c1-11-6-5-7-12(2)20(11)15(21)10-23-17(22)16-13-8-3-4-9-14(13)18-19-16/h3-4,8-9,11-12H,5-7,10H2,1-2H3,(H,18,19)/t11-,12-/m0/s1. The van der Waals surface area contributed by atoms with Gasteiger partial charge in [-0.1, -0.05) is 18.2 Å². The Kier molecular flexibility index (Phi) is 4.32. The number of H-pyrrole nitrogens is 1. The van der Waals surface area contributed by atoms with Crippen LogP contribution in [0.25, 0.3) is 10.9 Å². The fourth-order valence-electron chi connectivity index (χ4n) is 3.30. The maximum absolute atomic E-state index is 12.4. The van der Waals surface area contributed by atoms with Gasteiger partial charge in [-0.25, -0.2) is 4.79 Å². The van der Waals surface area contributed by atoms with Gasteiger partial charge in [-0.3, -0.25) is 9.89 Å². The van der Waals surface area contributed by atoms with Crippen molar-refractivity contribution in [3.8, 4) is 0 Å². The van der Waals surface area contributed by atoms with Gasteiger partial charge < -0.3 is 9.64 Å². The zero-order chi connectivity index (χ0) is 16.4. The molecule has 1 amide bonds. The lowest BCUT2D eigenvalue weighted by Crippen LogP contribution is -2.49. The fraction of sp³-hybridized carbons (Fsp3) is 0.471. The number of aromatic amines is 1. The number of carbonyl (C=O) groups is 2. The molecule has 0 spiro atoms. The number of nitrogens with one attached hydrogen (secondary N) is 1. The summed E-state index contributed by atoms with van der Waals surface area (Å²) in [4.78, 5) is 26.4. The van der Waals surface area contributed by atoms with Crippen molar-refractivity contribution in [3.63, 3.8) is 0 Å². The van der Waals surface area contributed by atoms with Crippen molar-refractivity contribution in [2.75, 3.05) is 6.61 Å². The van der Waals surface area contributed by atoms with E-state index >= 15 is 0 Å². The minimum atomic E-state index is -0.576. The molecule has 1 aromatic heterocycles. The summed E-state index contributed by atoms with van der Waals surface area (Å²) in [5.41, 5.74) is 0.984. The number of likely N-dealkylation sites (tertiary alicyclic amines) is 1. The highest BCUT2D eigenvalue weighted by Crippen LogP contribution is 2.22. The normalized spacial score (nSPS) is 21.4. The van der Waals surface area contributed by atoms with Crippen LogP contribution in [0.15, 0.2) is 24.3 Å². The van der Waals surface area contributed by atoms with E-state index in [4.69, 9.17) is 4.74 Å². The number of nitrogens with zero attached hydrogens (tertiary/aromatic N) is 2. The van der Waals surface area contributed by atoms with Crippen LogP contribution in [0.1, 0.15) is 43.6 Å². The van der Waals surface area contributed by atoms with E-state index in [9.17, 15) is 9.59 Å². The van der Waals surface area contributed by atoms with Gasteiger partial charge in [0.05, 0.1) is 5.52 Å². The third-order valence-electron chi connectivity index (χ3n) is 4.47. The van der Waals surface area contributed by atoms with Crippen LogP contribution in [0.4, 0.5) is 0 Å². The number of aromatic nitrogens is 2. The van der Waals surface area contributed by atoms with Crippen LogP contribution in [-0.2, 0) is 9.53 Å². The highest BCUT2D eigenvalue weighted by atomic mass is 16.5. The summed E-state index contributed by atoms with van der Waals surface area (Å²) in [6.07, 6.45) is 3.12. The number of benzene rings is 1. The van der Waals surface area contributed by atoms with E-state index in [0.29, 0.717) is 5.39 Å². The average molecular weight is 315 g/mol. The molecule has 2 aromatic rings. The van der Waals surface area contributed by atoms with E-state index in [2.05, 4.69) is 10.2 Å². The number of rotatable bonds is 3. The topological polar surface area (TPSA) is 75.3 Å². The van der Waals surface area contributed by atoms with Gasteiger partial charge in [0.15, 0.2) is 12.3 Å². The SMILES string of the molecule is C[C@H]1CCC[C@H](C)N1C(=O)COC(=O)c1n[nH]c2ccccc12. The molecule has 23 heavy (non-hydrogen) atoms. The quantitative estimate of drug-likeness (QED) is 0.883. The Bertz CT molecular complexity index is 715. The third kappa shape index (κ3) is 3.06. The number of piperidine rings is 1. The Balaban J connectivity index is 1.65. The number of hydrogen-bond acceptors (Lipinski definition) is 4. The van der Waals surface area contributed by atoms with Crippen molar-refractivity contribution in [1.82, 2.24) is 15.1 Å².